The van der Waals surface area contributed by atoms with Crippen molar-refractivity contribution in [2.24, 2.45) is 0 Å². The summed E-state index contributed by atoms with van der Waals surface area (Å²) < 4.78 is 16.3. The van der Waals surface area contributed by atoms with E-state index < -0.39 is 12.8 Å². The summed E-state index contributed by atoms with van der Waals surface area (Å²) in [6.07, 6.45) is 0.102. The van der Waals surface area contributed by atoms with Crippen molar-refractivity contribution in [2.75, 3.05) is 26.4 Å². The van der Waals surface area contributed by atoms with Crippen LogP contribution in [0.3, 0.4) is 0 Å². The number of carbonyl (C=O) groups is 2. The van der Waals surface area contributed by atoms with E-state index in [0.717, 1.165) is 0 Å². The standard InChI is InChI=1S/C8H12FNO3/c9-3-1-5-13-8(12)10-4-2-7(11)6-10/h1-6H2/i9-1. The Hall–Kier alpha value is -1.13. The summed E-state index contributed by atoms with van der Waals surface area (Å²) in [6, 6.07) is 0. The third kappa shape index (κ3) is 3.01. The Bertz CT molecular complexity index is 208. The first kappa shape index (κ1) is 9.95. The van der Waals surface area contributed by atoms with E-state index in [-0.39, 0.29) is 25.4 Å². The molecule has 0 aliphatic carbocycles. The van der Waals surface area contributed by atoms with Gasteiger partial charge >= 0.3 is 6.09 Å². The van der Waals surface area contributed by atoms with E-state index in [2.05, 4.69) is 0 Å². The molecule has 4 nitrogen and oxygen atoms in total. The van der Waals surface area contributed by atoms with Crippen molar-refractivity contribution in [3.05, 3.63) is 0 Å². The van der Waals surface area contributed by atoms with E-state index in [1.54, 1.807) is 0 Å². The van der Waals surface area contributed by atoms with Gasteiger partial charge in [-0.05, 0) is 0 Å². The van der Waals surface area contributed by atoms with Crippen LogP contribution in [0.2, 0.25) is 0 Å². The summed E-state index contributed by atoms with van der Waals surface area (Å²) in [5, 5.41) is 0. The van der Waals surface area contributed by atoms with Crippen molar-refractivity contribution in [2.45, 2.75) is 12.8 Å². The molecule has 74 valence electrons. The van der Waals surface area contributed by atoms with E-state index in [9.17, 15) is 14.0 Å². The second-order valence-electron chi connectivity index (χ2n) is 2.87. The Morgan fingerprint density at radius 3 is 2.92 bits per heavy atom. The van der Waals surface area contributed by atoms with Crippen LogP contribution < -0.4 is 0 Å². The number of alkyl halides is 1. The highest BCUT2D eigenvalue weighted by Crippen LogP contribution is 2.05. The number of nitrogens with zero attached hydrogens (tertiary/aromatic N) is 1. The third-order valence-corrected chi connectivity index (χ3v) is 1.79. The number of likely N-dealkylation sites (tertiary alicyclic amines) is 1. The zero-order chi connectivity index (χ0) is 9.68. The molecule has 0 aromatic heterocycles. The van der Waals surface area contributed by atoms with Crippen LogP contribution in [0.15, 0.2) is 0 Å². The van der Waals surface area contributed by atoms with Crippen LogP contribution >= 0.6 is 0 Å². The lowest BCUT2D eigenvalue weighted by atomic mass is 10.4. The van der Waals surface area contributed by atoms with Gasteiger partial charge in [0.2, 0.25) is 0 Å². The topological polar surface area (TPSA) is 46.6 Å². The van der Waals surface area contributed by atoms with Crippen molar-refractivity contribution in [1.82, 2.24) is 4.90 Å². The van der Waals surface area contributed by atoms with Gasteiger partial charge in [-0.1, -0.05) is 0 Å². The predicted molar refractivity (Wildman–Crippen MR) is 43.1 cm³/mol. The molecule has 0 spiro atoms. The second-order valence-corrected chi connectivity index (χ2v) is 2.87. The number of Topliss-reactive ketones (excluding diaryl/α,β-unsaturated/α-hetero) is 1. The predicted octanol–water partition coefficient (Wildman–Crippen LogP) is 0.757. The lowest BCUT2D eigenvalue weighted by Crippen LogP contribution is -2.29. The van der Waals surface area contributed by atoms with Crippen LogP contribution in [0.1, 0.15) is 12.8 Å². The smallest absolute Gasteiger partial charge is 0.410 e. The van der Waals surface area contributed by atoms with Gasteiger partial charge in [-0.25, -0.2) is 4.79 Å². The highest BCUT2D eigenvalue weighted by Gasteiger charge is 2.24. The number of ketones is 1. The number of carbonyl (C=O) groups excluding carboxylic acids is 2. The van der Waals surface area contributed by atoms with Gasteiger partial charge in [-0.2, -0.15) is 0 Å². The third-order valence-electron chi connectivity index (χ3n) is 1.79. The van der Waals surface area contributed by atoms with Crippen molar-refractivity contribution in [3.8, 4) is 0 Å². The lowest BCUT2D eigenvalue weighted by Gasteiger charge is -2.13. The number of amides is 1. The molecular formula is C8H12FNO3. The highest BCUT2D eigenvalue weighted by atomic mass is 18.2. The lowest BCUT2D eigenvalue weighted by molar-refractivity contribution is -0.116. The molecule has 0 aromatic carbocycles. The van der Waals surface area contributed by atoms with E-state index in [4.69, 9.17) is 4.74 Å². The minimum Gasteiger partial charge on any atom is -0.449 e. The van der Waals surface area contributed by atoms with Crippen LogP contribution in [0.5, 0.6) is 0 Å². The highest BCUT2D eigenvalue weighted by molar-refractivity contribution is 5.87. The fourth-order valence-corrected chi connectivity index (χ4v) is 1.09. The fourth-order valence-electron chi connectivity index (χ4n) is 1.09. The summed E-state index contributed by atoms with van der Waals surface area (Å²) in [5.74, 6) is 0.0439. The van der Waals surface area contributed by atoms with Crippen LogP contribution in [-0.2, 0) is 9.53 Å². The number of ether oxygens (including phenoxy) is 1. The molecule has 1 fully saturated rings. The van der Waals surface area contributed by atoms with Crippen LogP contribution in [0.4, 0.5) is 9.18 Å². The maximum Gasteiger partial charge on any atom is 0.410 e. The van der Waals surface area contributed by atoms with Gasteiger partial charge in [-0.3, -0.25) is 9.18 Å². The van der Waals surface area contributed by atoms with Crippen molar-refractivity contribution >= 4 is 11.9 Å². The molecule has 0 radical (unpaired) electrons. The van der Waals surface area contributed by atoms with Crippen molar-refractivity contribution in [1.29, 1.82) is 0 Å². The first-order chi connectivity index (χ1) is 6.24. The van der Waals surface area contributed by atoms with Crippen molar-refractivity contribution in [3.63, 3.8) is 0 Å². The number of hydrogen-bond acceptors (Lipinski definition) is 3. The number of hydrogen-bond donors (Lipinski definition) is 0. The quantitative estimate of drug-likeness (QED) is 0.614. The molecule has 1 saturated heterocycles. The van der Waals surface area contributed by atoms with Gasteiger partial charge in [0, 0.05) is 19.4 Å². The van der Waals surface area contributed by atoms with Gasteiger partial charge < -0.3 is 9.64 Å². The summed E-state index contributed by atoms with van der Waals surface area (Å²) in [6.45, 7) is 0.147. The normalized spacial score (nSPS) is 16.4. The Labute approximate surface area is 75.6 Å². The molecule has 1 amide bonds. The van der Waals surface area contributed by atoms with Gasteiger partial charge in [0.1, 0.15) is 0 Å². The summed E-state index contributed by atoms with van der Waals surface area (Å²) >= 11 is 0. The average Bonchev–Trinajstić information content (AvgIpc) is 2.52. The Kier molecular flexibility index (Phi) is 3.67. The molecule has 0 atom stereocenters. The molecule has 1 rings (SSSR count). The maximum atomic E-state index is 11.6. The average molecular weight is 188 g/mol. The molecule has 0 bridgehead atoms. The molecule has 5 heteroatoms. The number of halogens is 1. The molecule has 1 aliphatic heterocycles. The monoisotopic (exact) mass is 188 g/mol. The molecule has 0 N–H and O–H groups in total. The zero-order valence-electron chi connectivity index (χ0n) is 7.29. The molecule has 0 unspecified atom stereocenters. The van der Waals surface area contributed by atoms with Gasteiger partial charge in [0.25, 0.3) is 0 Å². The van der Waals surface area contributed by atoms with Crippen LogP contribution in [0.25, 0.3) is 0 Å². The maximum absolute atomic E-state index is 11.6. The van der Waals surface area contributed by atoms with Crippen LogP contribution in [-0.4, -0.2) is 43.1 Å². The Balaban J connectivity index is 2.20. The van der Waals surface area contributed by atoms with E-state index in [1.165, 1.54) is 4.90 Å². The summed E-state index contributed by atoms with van der Waals surface area (Å²) in [4.78, 5) is 23.2. The molecule has 1 aliphatic rings. The molecular weight excluding hydrogens is 176 g/mol. The molecule has 1 heterocycles. The van der Waals surface area contributed by atoms with E-state index in [0.29, 0.717) is 13.0 Å². The Morgan fingerprint density at radius 1 is 1.62 bits per heavy atom. The van der Waals surface area contributed by atoms with Gasteiger partial charge in [-0.15, -0.1) is 0 Å². The SMILES string of the molecule is O=C1CCN(C(=O)OCCC[18F])C1. The summed E-state index contributed by atoms with van der Waals surface area (Å²) in [7, 11) is 0. The Morgan fingerprint density at radius 2 is 2.38 bits per heavy atom. The second kappa shape index (κ2) is 4.79. The fraction of sp³-hybridized carbons (Fsp3) is 0.750. The largest absolute Gasteiger partial charge is 0.449 e. The van der Waals surface area contributed by atoms with Gasteiger partial charge in [0.15, 0.2) is 5.78 Å². The molecule has 0 saturated carbocycles. The van der Waals surface area contributed by atoms with Crippen LogP contribution in [0, 0.1) is 0 Å². The molecule has 0 aromatic rings. The van der Waals surface area contributed by atoms with E-state index in [1.807, 2.05) is 0 Å². The van der Waals surface area contributed by atoms with E-state index >= 15 is 0 Å². The minimum atomic E-state index is -0.515. The first-order valence-electron chi connectivity index (χ1n) is 4.23. The first-order valence-corrected chi connectivity index (χ1v) is 4.23. The molecule has 13 heavy (non-hydrogen) atoms. The van der Waals surface area contributed by atoms with Crippen molar-refractivity contribution < 1.29 is 18.7 Å². The summed E-state index contributed by atoms with van der Waals surface area (Å²) in [5.41, 5.74) is 0. The van der Waals surface area contributed by atoms with Gasteiger partial charge in [0.05, 0.1) is 19.8 Å². The zero-order valence-corrected chi connectivity index (χ0v) is 7.29. The minimum absolute atomic E-state index is 0.0439. The number of rotatable bonds is 3.